The Morgan fingerprint density at radius 3 is 2.06 bits per heavy atom. The van der Waals surface area contributed by atoms with Crippen molar-refractivity contribution in [1.29, 1.82) is 0 Å². The molecule has 0 aliphatic heterocycles. The van der Waals surface area contributed by atoms with Crippen molar-refractivity contribution in [3.63, 3.8) is 0 Å². The molecule has 0 fully saturated rings. The monoisotopic (exact) mass is 463 g/mol. The lowest BCUT2D eigenvalue weighted by atomic mass is 10.1. The third kappa shape index (κ3) is 5.78. The highest BCUT2D eigenvalue weighted by Gasteiger charge is 2.29. The SMILES string of the molecule is COc1cccc(OC)c1C(=O)N(CC(=O)N(Cc1ccccc1)Cc1cccn1C)C(C)C. The summed E-state index contributed by atoms with van der Waals surface area (Å²) in [7, 11) is 4.98. The van der Waals surface area contributed by atoms with E-state index in [4.69, 9.17) is 9.47 Å². The summed E-state index contributed by atoms with van der Waals surface area (Å²) in [6.45, 7) is 4.62. The molecule has 0 N–H and O–H groups in total. The van der Waals surface area contributed by atoms with Gasteiger partial charge in [-0.3, -0.25) is 9.59 Å². The molecule has 0 atom stereocenters. The molecule has 0 aliphatic carbocycles. The van der Waals surface area contributed by atoms with Crippen molar-refractivity contribution in [3.05, 3.63) is 83.7 Å². The minimum absolute atomic E-state index is 0.0606. The Labute approximate surface area is 201 Å². The van der Waals surface area contributed by atoms with Gasteiger partial charge in [0.1, 0.15) is 23.6 Å². The van der Waals surface area contributed by atoms with Gasteiger partial charge in [-0.15, -0.1) is 0 Å². The second-order valence-corrected chi connectivity index (χ2v) is 8.41. The average molecular weight is 464 g/mol. The summed E-state index contributed by atoms with van der Waals surface area (Å²) in [6.07, 6.45) is 1.96. The summed E-state index contributed by atoms with van der Waals surface area (Å²) in [5.41, 5.74) is 2.35. The number of aryl methyl sites for hydroxylation is 1. The van der Waals surface area contributed by atoms with Crippen molar-refractivity contribution in [3.8, 4) is 11.5 Å². The van der Waals surface area contributed by atoms with E-state index in [0.717, 1.165) is 11.3 Å². The molecule has 34 heavy (non-hydrogen) atoms. The first-order valence-corrected chi connectivity index (χ1v) is 11.3. The second-order valence-electron chi connectivity index (χ2n) is 8.41. The van der Waals surface area contributed by atoms with E-state index in [2.05, 4.69) is 0 Å². The normalized spacial score (nSPS) is 10.8. The smallest absolute Gasteiger partial charge is 0.262 e. The molecule has 1 aromatic heterocycles. The molecule has 2 aromatic carbocycles. The third-order valence-corrected chi connectivity index (χ3v) is 5.80. The number of amides is 2. The second kappa shape index (κ2) is 11.4. The lowest BCUT2D eigenvalue weighted by Gasteiger charge is -2.31. The Hall–Kier alpha value is -3.74. The highest BCUT2D eigenvalue weighted by molar-refractivity contribution is 6.01. The number of hydrogen-bond donors (Lipinski definition) is 0. The van der Waals surface area contributed by atoms with Gasteiger partial charge >= 0.3 is 0 Å². The van der Waals surface area contributed by atoms with Crippen LogP contribution in [0.5, 0.6) is 11.5 Å². The molecular formula is C27H33N3O4. The van der Waals surface area contributed by atoms with Crippen LogP contribution in [0, 0.1) is 0 Å². The van der Waals surface area contributed by atoms with Gasteiger partial charge in [0.05, 0.1) is 20.8 Å². The van der Waals surface area contributed by atoms with Crippen LogP contribution in [-0.2, 0) is 24.9 Å². The largest absolute Gasteiger partial charge is 0.496 e. The molecular weight excluding hydrogens is 430 g/mol. The van der Waals surface area contributed by atoms with E-state index >= 15 is 0 Å². The van der Waals surface area contributed by atoms with Crippen LogP contribution >= 0.6 is 0 Å². The predicted molar refractivity (Wildman–Crippen MR) is 132 cm³/mol. The molecule has 3 rings (SSSR count). The van der Waals surface area contributed by atoms with Crippen molar-refractivity contribution < 1.29 is 19.1 Å². The Balaban J connectivity index is 1.89. The van der Waals surface area contributed by atoms with Crippen molar-refractivity contribution in [1.82, 2.24) is 14.4 Å². The zero-order valence-electron chi connectivity index (χ0n) is 20.5. The van der Waals surface area contributed by atoms with E-state index in [1.165, 1.54) is 14.2 Å². The van der Waals surface area contributed by atoms with Gasteiger partial charge in [0.25, 0.3) is 5.91 Å². The van der Waals surface area contributed by atoms with Crippen molar-refractivity contribution in [2.75, 3.05) is 20.8 Å². The Morgan fingerprint density at radius 2 is 1.53 bits per heavy atom. The Morgan fingerprint density at radius 1 is 0.882 bits per heavy atom. The number of carbonyl (C=O) groups is 2. The van der Waals surface area contributed by atoms with Gasteiger partial charge in [-0.25, -0.2) is 0 Å². The number of rotatable bonds is 10. The molecule has 1 heterocycles. The van der Waals surface area contributed by atoms with Crippen LogP contribution in [0.25, 0.3) is 0 Å². The fourth-order valence-electron chi connectivity index (χ4n) is 3.83. The van der Waals surface area contributed by atoms with E-state index in [9.17, 15) is 9.59 Å². The van der Waals surface area contributed by atoms with Gasteiger partial charge in [0, 0.05) is 31.5 Å². The topological polar surface area (TPSA) is 64.0 Å². The number of benzene rings is 2. The average Bonchev–Trinajstić information content (AvgIpc) is 3.25. The van der Waals surface area contributed by atoms with Gasteiger partial charge in [0.15, 0.2) is 0 Å². The maximum absolute atomic E-state index is 13.6. The summed E-state index contributed by atoms with van der Waals surface area (Å²) >= 11 is 0. The van der Waals surface area contributed by atoms with Crippen LogP contribution in [0.3, 0.4) is 0 Å². The molecule has 7 nitrogen and oxygen atoms in total. The first kappa shape index (κ1) is 24.9. The van der Waals surface area contributed by atoms with E-state index in [1.54, 1.807) is 28.0 Å². The summed E-state index contributed by atoms with van der Waals surface area (Å²) in [5, 5.41) is 0. The van der Waals surface area contributed by atoms with Gasteiger partial charge in [-0.05, 0) is 43.7 Å². The molecule has 0 radical (unpaired) electrons. The van der Waals surface area contributed by atoms with Gasteiger partial charge in [-0.1, -0.05) is 36.4 Å². The lowest BCUT2D eigenvalue weighted by molar-refractivity contribution is -0.133. The predicted octanol–water partition coefficient (Wildman–Crippen LogP) is 4.12. The van der Waals surface area contributed by atoms with Crippen molar-refractivity contribution in [2.24, 2.45) is 7.05 Å². The first-order chi connectivity index (χ1) is 16.3. The standard InChI is InChI=1S/C27H33N3O4/c1-20(2)30(27(32)26-23(33-4)14-9-15-24(26)34-5)19-25(31)29(17-21-11-7-6-8-12-21)18-22-13-10-16-28(22)3/h6-16,20H,17-19H2,1-5H3. The minimum atomic E-state index is -0.309. The van der Waals surface area contributed by atoms with E-state index in [-0.39, 0.29) is 24.4 Å². The highest BCUT2D eigenvalue weighted by Crippen LogP contribution is 2.30. The lowest BCUT2D eigenvalue weighted by Crippen LogP contribution is -2.45. The number of aromatic nitrogens is 1. The van der Waals surface area contributed by atoms with Crippen molar-refractivity contribution >= 4 is 11.8 Å². The zero-order chi connectivity index (χ0) is 24.7. The Bertz CT molecular complexity index is 1090. The summed E-state index contributed by atoms with van der Waals surface area (Å²) < 4.78 is 12.9. The summed E-state index contributed by atoms with van der Waals surface area (Å²) in [5.74, 6) is 0.372. The molecule has 2 amide bonds. The minimum Gasteiger partial charge on any atom is -0.496 e. The van der Waals surface area contributed by atoms with E-state index in [1.807, 2.05) is 74.1 Å². The van der Waals surface area contributed by atoms with E-state index in [0.29, 0.717) is 30.2 Å². The van der Waals surface area contributed by atoms with Gasteiger partial charge < -0.3 is 23.8 Å². The van der Waals surface area contributed by atoms with Crippen LogP contribution in [0.2, 0.25) is 0 Å². The number of ether oxygens (including phenoxy) is 2. The fourth-order valence-corrected chi connectivity index (χ4v) is 3.83. The first-order valence-electron chi connectivity index (χ1n) is 11.3. The maximum Gasteiger partial charge on any atom is 0.262 e. The molecule has 180 valence electrons. The molecule has 0 unspecified atom stereocenters. The number of carbonyl (C=O) groups excluding carboxylic acids is 2. The zero-order valence-corrected chi connectivity index (χ0v) is 20.5. The third-order valence-electron chi connectivity index (χ3n) is 5.80. The summed E-state index contributed by atoms with van der Waals surface area (Å²) in [4.78, 5) is 30.6. The quantitative estimate of drug-likeness (QED) is 0.454. The van der Waals surface area contributed by atoms with E-state index < -0.39 is 0 Å². The number of hydrogen-bond acceptors (Lipinski definition) is 4. The van der Waals surface area contributed by atoms with Gasteiger partial charge in [-0.2, -0.15) is 0 Å². The summed E-state index contributed by atoms with van der Waals surface area (Å²) in [6, 6.07) is 18.8. The van der Waals surface area contributed by atoms with Crippen LogP contribution < -0.4 is 9.47 Å². The molecule has 0 saturated carbocycles. The molecule has 0 spiro atoms. The number of methoxy groups -OCH3 is 2. The Kier molecular flexibility index (Phi) is 8.35. The maximum atomic E-state index is 13.6. The van der Waals surface area contributed by atoms with Crippen LogP contribution in [-0.4, -0.2) is 53.0 Å². The van der Waals surface area contributed by atoms with Crippen molar-refractivity contribution in [2.45, 2.75) is 33.0 Å². The van der Waals surface area contributed by atoms with Gasteiger partial charge in [0.2, 0.25) is 5.91 Å². The van der Waals surface area contributed by atoms with Crippen LogP contribution in [0.15, 0.2) is 66.9 Å². The molecule has 7 heteroatoms. The van der Waals surface area contributed by atoms with Crippen LogP contribution in [0.1, 0.15) is 35.5 Å². The molecule has 0 aliphatic rings. The molecule has 0 saturated heterocycles. The number of nitrogens with zero attached hydrogens (tertiary/aromatic N) is 3. The molecule has 3 aromatic rings. The highest BCUT2D eigenvalue weighted by atomic mass is 16.5. The molecule has 0 bridgehead atoms. The fraction of sp³-hybridized carbons (Fsp3) is 0.333. The van der Waals surface area contributed by atoms with Crippen LogP contribution in [0.4, 0.5) is 0 Å².